The highest BCUT2D eigenvalue weighted by molar-refractivity contribution is 9.10. The minimum absolute atomic E-state index is 0.143. The topological polar surface area (TPSA) is 80.0 Å². The summed E-state index contributed by atoms with van der Waals surface area (Å²) < 4.78 is 16.6. The highest BCUT2D eigenvalue weighted by Crippen LogP contribution is 2.25. The maximum Gasteiger partial charge on any atom is 0.405 e. The number of benzene rings is 2. The van der Waals surface area contributed by atoms with Crippen LogP contribution in [0.1, 0.15) is 23.0 Å². The van der Waals surface area contributed by atoms with Gasteiger partial charge in [0.2, 0.25) is 0 Å². The fraction of sp³-hybridized carbons (Fsp3) is 0.167. The van der Waals surface area contributed by atoms with Crippen LogP contribution >= 0.6 is 15.9 Å². The van der Waals surface area contributed by atoms with Crippen molar-refractivity contribution in [3.05, 3.63) is 75.8 Å². The first kappa shape index (κ1) is 18.1. The summed E-state index contributed by atoms with van der Waals surface area (Å²) >= 11 is 3.38. The Balaban J connectivity index is 2.04. The molecule has 1 aromatic heterocycles. The molecule has 6 nitrogen and oxygen atoms in total. The molecule has 3 rings (SSSR count). The number of carbonyl (C=O) groups is 1. The Hall–Kier alpha value is -2.74. The zero-order valence-corrected chi connectivity index (χ0v) is 15.4. The minimum atomic E-state index is -1.20. The summed E-state index contributed by atoms with van der Waals surface area (Å²) in [5, 5.41) is 19.9. The molecular formula is C18H16BrFN4O2. The first-order valence-corrected chi connectivity index (χ1v) is 8.66. The van der Waals surface area contributed by atoms with Gasteiger partial charge in [0, 0.05) is 10.9 Å². The molecule has 0 saturated heterocycles. The van der Waals surface area contributed by atoms with Crippen LogP contribution in [0.25, 0.3) is 5.69 Å². The van der Waals surface area contributed by atoms with E-state index in [4.69, 9.17) is 0 Å². The highest BCUT2D eigenvalue weighted by atomic mass is 79.9. The average molecular weight is 419 g/mol. The first-order valence-electron chi connectivity index (χ1n) is 7.86. The molecular weight excluding hydrogens is 403 g/mol. The van der Waals surface area contributed by atoms with Crippen LogP contribution in [0.3, 0.4) is 0 Å². The largest absolute Gasteiger partial charge is 0.465 e. The van der Waals surface area contributed by atoms with Gasteiger partial charge in [0.25, 0.3) is 0 Å². The van der Waals surface area contributed by atoms with Gasteiger partial charge >= 0.3 is 6.09 Å². The molecule has 134 valence electrons. The summed E-state index contributed by atoms with van der Waals surface area (Å²) in [6, 6.07) is 13.0. The van der Waals surface area contributed by atoms with Gasteiger partial charge in [-0.25, -0.2) is 13.9 Å². The number of nitrogens with one attached hydrogen (secondary N) is 1. The highest BCUT2D eigenvalue weighted by Gasteiger charge is 2.24. The van der Waals surface area contributed by atoms with E-state index < -0.39 is 12.1 Å². The Labute approximate surface area is 157 Å². The van der Waals surface area contributed by atoms with Crippen LogP contribution in [0, 0.1) is 12.7 Å². The predicted octanol–water partition coefficient (Wildman–Crippen LogP) is 4.03. The minimum Gasteiger partial charge on any atom is -0.465 e. The third kappa shape index (κ3) is 3.91. The Morgan fingerprint density at radius 1 is 1.27 bits per heavy atom. The summed E-state index contributed by atoms with van der Waals surface area (Å²) in [4.78, 5) is 11.3. The second kappa shape index (κ2) is 7.65. The van der Waals surface area contributed by atoms with Gasteiger partial charge < -0.3 is 10.4 Å². The van der Waals surface area contributed by atoms with E-state index >= 15 is 0 Å². The molecule has 0 unspecified atom stereocenters. The normalized spacial score (nSPS) is 12.0. The zero-order valence-electron chi connectivity index (χ0n) is 13.9. The number of rotatable bonds is 5. The number of carboxylic acid groups (broad SMARTS) is 1. The number of hydrogen-bond donors (Lipinski definition) is 2. The van der Waals surface area contributed by atoms with Gasteiger partial charge in [0.15, 0.2) is 0 Å². The van der Waals surface area contributed by atoms with E-state index in [9.17, 15) is 14.3 Å². The number of amides is 1. The van der Waals surface area contributed by atoms with Crippen molar-refractivity contribution in [1.82, 2.24) is 20.3 Å². The lowest BCUT2D eigenvalue weighted by Gasteiger charge is -2.19. The van der Waals surface area contributed by atoms with Crippen molar-refractivity contribution < 1.29 is 14.3 Å². The molecule has 2 N–H and O–H groups in total. The summed E-state index contributed by atoms with van der Waals surface area (Å²) in [6.07, 6.45) is -1.06. The van der Waals surface area contributed by atoms with Crippen LogP contribution < -0.4 is 5.32 Å². The third-order valence-corrected chi connectivity index (χ3v) is 4.49. The second-order valence-electron chi connectivity index (χ2n) is 5.75. The number of nitrogens with zero attached hydrogens (tertiary/aromatic N) is 3. The smallest absolute Gasteiger partial charge is 0.405 e. The lowest BCUT2D eigenvalue weighted by molar-refractivity contribution is 0.189. The van der Waals surface area contributed by atoms with Gasteiger partial charge in [-0.2, -0.15) is 0 Å². The van der Waals surface area contributed by atoms with Crippen LogP contribution in [0.4, 0.5) is 9.18 Å². The number of halogens is 2. The number of hydrogen-bond acceptors (Lipinski definition) is 3. The van der Waals surface area contributed by atoms with Gasteiger partial charge in [-0.3, -0.25) is 0 Å². The van der Waals surface area contributed by atoms with Crippen molar-refractivity contribution in [3.8, 4) is 5.69 Å². The number of aryl methyl sites for hydroxylation is 1. The first-order chi connectivity index (χ1) is 12.5. The maximum atomic E-state index is 14.1. The van der Waals surface area contributed by atoms with Crippen LogP contribution in [-0.4, -0.2) is 26.2 Å². The fourth-order valence-corrected chi connectivity index (χ4v) is 3.05. The molecule has 0 spiro atoms. The summed E-state index contributed by atoms with van der Waals surface area (Å²) in [6.45, 7) is 1.75. The summed E-state index contributed by atoms with van der Waals surface area (Å²) in [5.41, 5.74) is 2.28. The van der Waals surface area contributed by atoms with Crippen molar-refractivity contribution in [2.24, 2.45) is 0 Å². The lowest BCUT2D eigenvalue weighted by Crippen LogP contribution is -2.30. The van der Waals surface area contributed by atoms with Crippen LogP contribution in [0.2, 0.25) is 0 Å². The molecule has 0 radical (unpaired) electrons. The van der Waals surface area contributed by atoms with Crippen molar-refractivity contribution in [3.63, 3.8) is 0 Å². The fourth-order valence-electron chi connectivity index (χ4n) is 2.79. The summed E-state index contributed by atoms with van der Waals surface area (Å²) in [5.74, 6) is -0.384. The Bertz CT molecular complexity index is 927. The van der Waals surface area contributed by atoms with Crippen LogP contribution in [0.15, 0.2) is 53.0 Å². The Kier molecular flexibility index (Phi) is 5.32. The molecule has 0 aliphatic heterocycles. The van der Waals surface area contributed by atoms with E-state index in [0.29, 0.717) is 17.0 Å². The van der Waals surface area contributed by atoms with E-state index in [0.717, 1.165) is 10.2 Å². The molecule has 1 atom stereocenters. The Morgan fingerprint density at radius 2 is 1.96 bits per heavy atom. The molecule has 0 aliphatic carbocycles. The number of aromatic nitrogens is 3. The van der Waals surface area contributed by atoms with Gasteiger partial charge in [-0.05, 0) is 42.8 Å². The van der Waals surface area contributed by atoms with E-state index in [-0.39, 0.29) is 12.2 Å². The molecule has 1 amide bonds. The van der Waals surface area contributed by atoms with Crippen molar-refractivity contribution >= 4 is 22.0 Å². The van der Waals surface area contributed by atoms with Gasteiger partial charge in [-0.15, -0.1) is 5.10 Å². The molecule has 1 heterocycles. The third-order valence-electron chi connectivity index (χ3n) is 3.96. The molecule has 0 aliphatic rings. The molecule has 0 fully saturated rings. The van der Waals surface area contributed by atoms with Crippen LogP contribution in [0.5, 0.6) is 0 Å². The standard InChI is InChI=1S/C18H16BrFN4O2/c1-11-17(24(23-22-11)14-8-6-13(19)7-9-14)16(21-18(25)26)10-12-4-2-3-5-15(12)20/h2-9,16,21H,10H2,1H3,(H,25,26)/t16-/m1/s1. The van der Waals surface area contributed by atoms with Gasteiger partial charge in [-0.1, -0.05) is 39.3 Å². The Morgan fingerprint density at radius 3 is 2.62 bits per heavy atom. The monoisotopic (exact) mass is 418 g/mol. The second-order valence-corrected chi connectivity index (χ2v) is 6.66. The van der Waals surface area contributed by atoms with E-state index in [1.54, 1.807) is 29.8 Å². The van der Waals surface area contributed by atoms with Gasteiger partial charge in [0.05, 0.1) is 23.1 Å². The SMILES string of the molecule is Cc1nnn(-c2ccc(Br)cc2)c1[C@@H](Cc1ccccc1F)NC(=O)O. The van der Waals surface area contributed by atoms with Crippen molar-refractivity contribution in [2.75, 3.05) is 0 Å². The van der Waals surface area contributed by atoms with Crippen molar-refractivity contribution in [2.45, 2.75) is 19.4 Å². The van der Waals surface area contributed by atoms with Crippen LogP contribution in [-0.2, 0) is 6.42 Å². The average Bonchev–Trinajstić information content (AvgIpc) is 2.98. The van der Waals surface area contributed by atoms with E-state index in [1.807, 2.05) is 24.3 Å². The molecule has 26 heavy (non-hydrogen) atoms. The van der Waals surface area contributed by atoms with Crippen molar-refractivity contribution in [1.29, 1.82) is 0 Å². The molecule has 3 aromatic rings. The molecule has 8 heteroatoms. The zero-order chi connectivity index (χ0) is 18.7. The molecule has 0 saturated carbocycles. The van der Waals surface area contributed by atoms with Gasteiger partial charge in [0.1, 0.15) is 5.82 Å². The maximum absolute atomic E-state index is 14.1. The molecule has 2 aromatic carbocycles. The lowest BCUT2D eigenvalue weighted by atomic mass is 10.0. The van der Waals surface area contributed by atoms with E-state index in [2.05, 4.69) is 31.6 Å². The molecule has 0 bridgehead atoms. The van der Waals surface area contributed by atoms with E-state index in [1.165, 1.54) is 6.07 Å². The quantitative estimate of drug-likeness (QED) is 0.655. The predicted molar refractivity (Wildman–Crippen MR) is 97.8 cm³/mol. The summed E-state index contributed by atoms with van der Waals surface area (Å²) in [7, 11) is 0.